The van der Waals surface area contributed by atoms with Crippen LogP contribution in [0.25, 0.3) is 0 Å². The first-order chi connectivity index (χ1) is 13.7. The Hall–Kier alpha value is -2.09. The van der Waals surface area contributed by atoms with E-state index in [4.69, 9.17) is 16.3 Å². The fourth-order valence-corrected chi connectivity index (χ4v) is 4.40. The Morgan fingerprint density at radius 3 is 2.45 bits per heavy atom. The zero-order valence-electron chi connectivity index (χ0n) is 16.8. The van der Waals surface area contributed by atoms with Crippen LogP contribution in [-0.4, -0.2) is 27.0 Å². The minimum absolute atomic E-state index is 0.0265. The number of nitrogens with one attached hydrogen (secondary N) is 2. The number of sulfonamides is 1. The molecule has 0 saturated carbocycles. The van der Waals surface area contributed by atoms with Gasteiger partial charge in [-0.3, -0.25) is 4.79 Å². The molecule has 0 aromatic heterocycles. The second-order valence-corrected chi connectivity index (χ2v) is 9.01. The highest BCUT2D eigenvalue weighted by molar-refractivity contribution is 7.89. The van der Waals surface area contributed by atoms with Crippen LogP contribution in [0.15, 0.2) is 53.4 Å². The van der Waals surface area contributed by atoms with Crippen LogP contribution in [0.4, 0.5) is 0 Å². The summed E-state index contributed by atoms with van der Waals surface area (Å²) < 4.78 is 33.4. The molecular formula is C21H27ClN2O4S. The van der Waals surface area contributed by atoms with Crippen molar-refractivity contribution in [1.29, 1.82) is 0 Å². The highest BCUT2D eigenvalue weighted by atomic mass is 35.5. The molecule has 2 rings (SSSR count). The summed E-state index contributed by atoms with van der Waals surface area (Å²) in [6.45, 7) is 5.55. The molecule has 0 aliphatic rings. The molecule has 158 valence electrons. The number of hydrogen-bond acceptors (Lipinski definition) is 4. The molecule has 0 heterocycles. The monoisotopic (exact) mass is 438 g/mol. The fourth-order valence-electron chi connectivity index (χ4n) is 2.84. The van der Waals surface area contributed by atoms with E-state index in [-0.39, 0.29) is 34.2 Å². The zero-order chi connectivity index (χ0) is 21.4. The number of carbonyl (C=O) groups excluding carboxylic acids is 1. The van der Waals surface area contributed by atoms with Gasteiger partial charge in [-0.1, -0.05) is 55.3 Å². The Labute approximate surface area is 177 Å². The molecule has 6 nitrogen and oxygen atoms in total. The van der Waals surface area contributed by atoms with Gasteiger partial charge >= 0.3 is 0 Å². The summed E-state index contributed by atoms with van der Waals surface area (Å²) >= 11 is 6.18. The van der Waals surface area contributed by atoms with Gasteiger partial charge in [-0.05, 0) is 44.0 Å². The van der Waals surface area contributed by atoms with Gasteiger partial charge in [0.05, 0.1) is 9.92 Å². The number of hydrogen-bond donors (Lipinski definition) is 2. The van der Waals surface area contributed by atoms with Crippen molar-refractivity contribution in [2.45, 2.75) is 50.6 Å². The standard InChI is InChI=1S/C21H27ClN2O4S/c1-4-8-15(2)23-21(25)14-28-20-12-11-18(13-19(20)22)29(26,27)24-16(3)17-9-6-5-7-10-17/h5-7,9-13,15-16,24H,4,8,14H2,1-3H3,(H,23,25)/t15-,16+/m1/s1. The van der Waals surface area contributed by atoms with Crippen molar-refractivity contribution < 1.29 is 17.9 Å². The van der Waals surface area contributed by atoms with Crippen LogP contribution in [0, 0.1) is 0 Å². The van der Waals surface area contributed by atoms with Crippen LogP contribution in [0.3, 0.4) is 0 Å². The number of halogens is 1. The van der Waals surface area contributed by atoms with E-state index in [9.17, 15) is 13.2 Å². The van der Waals surface area contributed by atoms with E-state index in [0.29, 0.717) is 0 Å². The molecule has 0 aliphatic heterocycles. The van der Waals surface area contributed by atoms with Crippen LogP contribution in [0.5, 0.6) is 5.75 Å². The maximum atomic E-state index is 12.7. The van der Waals surface area contributed by atoms with Crippen molar-refractivity contribution in [3.63, 3.8) is 0 Å². The first-order valence-corrected chi connectivity index (χ1v) is 11.4. The predicted octanol–water partition coefficient (Wildman–Crippen LogP) is 4.06. The summed E-state index contributed by atoms with van der Waals surface area (Å²) in [5.74, 6) is -0.00270. The third-order valence-electron chi connectivity index (χ3n) is 4.33. The highest BCUT2D eigenvalue weighted by Crippen LogP contribution is 2.28. The summed E-state index contributed by atoms with van der Waals surface area (Å²) in [6.07, 6.45) is 1.86. The lowest BCUT2D eigenvalue weighted by atomic mass is 10.1. The topological polar surface area (TPSA) is 84.5 Å². The lowest BCUT2D eigenvalue weighted by Gasteiger charge is -2.16. The minimum Gasteiger partial charge on any atom is -0.482 e. The van der Waals surface area contributed by atoms with E-state index in [2.05, 4.69) is 10.0 Å². The van der Waals surface area contributed by atoms with Gasteiger partial charge in [-0.2, -0.15) is 0 Å². The molecule has 1 amide bonds. The molecule has 29 heavy (non-hydrogen) atoms. The Kier molecular flexibility index (Phi) is 8.49. The minimum atomic E-state index is -3.77. The summed E-state index contributed by atoms with van der Waals surface area (Å²) in [7, 11) is -3.77. The summed E-state index contributed by atoms with van der Waals surface area (Å²) in [4.78, 5) is 11.9. The van der Waals surface area contributed by atoms with Gasteiger partial charge in [0.15, 0.2) is 6.61 Å². The molecule has 2 aromatic carbocycles. The molecule has 0 bridgehead atoms. The van der Waals surface area contributed by atoms with Gasteiger partial charge in [0.1, 0.15) is 5.75 Å². The van der Waals surface area contributed by atoms with Gasteiger partial charge in [-0.25, -0.2) is 13.1 Å². The Morgan fingerprint density at radius 1 is 1.14 bits per heavy atom. The van der Waals surface area contributed by atoms with E-state index < -0.39 is 16.1 Å². The Balaban J connectivity index is 2.01. The fraction of sp³-hybridized carbons (Fsp3) is 0.381. The van der Waals surface area contributed by atoms with Crippen LogP contribution in [0.1, 0.15) is 45.2 Å². The second kappa shape index (κ2) is 10.6. The third-order valence-corrected chi connectivity index (χ3v) is 6.17. The van der Waals surface area contributed by atoms with Gasteiger partial charge < -0.3 is 10.1 Å². The number of rotatable bonds is 10. The average molecular weight is 439 g/mol. The molecular weight excluding hydrogens is 412 g/mol. The van der Waals surface area contributed by atoms with Crippen molar-refractivity contribution in [2.75, 3.05) is 6.61 Å². The summed E-state index contributed by atoms with van der Waals surface area (Å²) in [6, 6.07) is 13.1. The van der Waals surface area contributed by atoms with Gasteiger partial charge in [-0.15, -0.1) is 0 Å². The van der Waals surface area contributed by atoms with Crippen LogP contribution in [-0.2, 0) is 14.8 Å². The van der Waals surface area contributed by atoms with E-state index in [1.807, 2.05) is 44.2 Å². The first-order valence-electron chi connectivity index (χ1n) is 9.52. The van der Waals surface area contributed by atoms with Crippen LogP contribution < -0.4 is 14.8 Å². The summed E-state index contributed by atoms with van der Waals surface area (Å²) in [5.41, 5.74) is 0.852. The summed E-state index contributed by atoms with van der Waals surface area (Å²) in [5, 5.41) is 2.95. The third kappa shape index (κ3) is 7.03. The van der Waals surface area contributed by atoms with Gasteiger partial charge in [0.25, 0.3) is 5.91 Å². The van der Waals surface area contributed by atoms with Gasteiger partial charge in [0.2, 0.25) is 10.0 Å². The zero-order valence-corrected chi connectivity index (χ0v) is 18.4. The Morgan fingerprint density at radius 2 is 1.83 bits per heavy atom. The number of carbonyl (C=O) groups is 1. The molecule has 2 atom stereocenters. The van der Waals surface area contributed by atoms with Crippen LogP contribution >= 0.6 is 11.6 Å². The number of amides is 1. The van der Waals surface area contributed by atoms with Crippen molar-refractivity contribution in [3.8, 4) is 5.75 Å². The molecule has 0 aliphatic carbocycles. The van der Waals surface area contributed by atoms with E-state index in [1.165, 1.54) is 18.2 Å². The van der Waals surface area contributed by atoms with Crippen molar-refractivity contribution >= 4 is 27.5 Å². The smallest absolute Gasteiger partial charge is 0.258 e. The second-order valence-electron chi connectivity index (χ2n) is 6.89. The molecule has 0 spiro atoms. The average Bonchev–Trinajstić information content (AvgIpc) is 2.67. The quantitative estimate of drug-likeness (QED) is 0.585. The Bertz CT molecular complexity index is 920. The molecule has 0 saturated heterocycles. The first kappa shape index (κ1) is 23.2. The number of ether oxygens (including phenoxy) is 1. The molecule has 0 fully saturated rings. The molecule has 2 aromatic rings. The van der Waals surface area contributed by atoms with Crippen molar-refractivity contribution in [2.24, 2.45) is 0 Å². The largest absolute Gasteiger partial charge is 0.482 e. The highest BCUT2D eigenvalue weighted by Gasteiger charge is 2.20. The molecule has 8 heteroatoms. The van der Waals surface area contributed by atoms with Crippen molar-refractivity contribution in [1.82, 2.24) is 10.0 Å². The predicted molar refractivity (Wildman–Crippen MR) is 115 cm³/mol. The maximum absolute atomic E-state index is 12.7. The molecule has 2 N–H and O–H groups in total. The van der Waals surface area contributed by atoms with E-state index in [0.717, 1.165) is 18.4 Å². The van der Waals surface area contributed by atoms with Crippen LogP contribution in [0.2, 0.25) is 5.02 Å². The van der Waals surface area contributed by atoms with Crippen molar-refractivity contribution in [3.05, 3.63) is 59.1 Å². The van der Waals surface area contributed by atoms with E-state index >= 15 is 0 Å². The molecule has 0 unspecified atom stereocenters. The lowest BCUT2D eigenvalue weighted by molar-refractivity contribution is -0.123. The lowest BCUT2D eigenvalue weighted by Crippen LogP contribution is -2.36. The maximum Gasteiger partial charge on any atom is 0.258 e. The SMILES string of the molecule is CCC[C@@H](C)NC(=O)COc1ccc(S(=O)(=O)N[C@@H](C)c2ccccc2)cc1Cl. The molecule has 0 radical (unpaired) electrons. The van der Waals surface area contributed by atoms with Gasteiger partial charge in [0, 0.05) is 12.1 Å². The van der Waals surface area contributed by atoms with E-state index in [1.54, 1.807) is 6.92 Å². The number of benzene rings is 2. The normalized spacial score (nSPS) is 13.5.